The van der Waals surface area contributed by atoms with E-state index in [1.54, 1.807) is 0 Å². The molecule has 2 heterocycles. The maximum absolute atomic E-state index is 14.0. The lowest BCUT2D eigenvalue weighted by molar-refractivity contribution is 0.0669. The van der Waals surface area contributed by atoms with Gasteiger partial charge in [-0.3, -0.25) is 4.57 Å². The number of rotatable bonds is 3. The van der Waals surface area contributed by atoms with Gasteiger partial charge in [-0.15, -0.1) is 0 Å². The molecule has 21 heavy (non-hydrogen) atoms. The minimum absolute atomic E-state index is 0.236. The van der Waals surface area contributed by atoms with Crippen LogP contribution in [0.25, 0.3) is 0 Å². The smallest absolute Gasteiger partial charge is 0.319 e. The number of fused-ring (bicyclic) bond motifs is 1. The number of aromatic nitrogens is 2. The molecule has 112 valence electrons. The van der Waals surface area contributed by atoms with Gasteiger partial charge in [0.25, 0.3) is 0 Å². The molecule has 0 atom stereocenters. The molecule has 1 aromatic heterocycles. The first kappa shape index (κ1) is 14.4. The molecule has 3 rings (SSSR count). The summed E-state index contributed by atoms with van der Waals surface area (Å²) in [6.45, 7) is -1.69. The first-order valence-electron chi connectivity index (χ1n) is 6.59. The Bertz CT molecular complexity index is 657. The second-order valence-electron chi connectivity index (χ2n) is 4.94. The van der Waals surface area contributed by atoms with Crippen LogP contribution in [0.2, 0.25) is 0 Å². The Labute approximate surface area is 128 Å². The van der Waals surface area contributed by atoms with Gasteiger partial charge >= 0.3 is 6.55 Å². The molecule has 0 radical (unpaired) electrons. The summed E-state index contributed by atoms with van der Waals surface area (Å²) in [7, 11) is 0. The first-order valence-corrected chi connectivity index (χ1v) is 7.38. The summed E-state index contributed by atoms with van der Waals surface area (Å²) in [6, 6.07) is 3.26. The molecule has 0 bridgehead atoms. The highest BCUT2D eigenvalue weighted by molar-refractivity contribution is 9.10. The van der Waals surface area contributed by atoms with E-state index in [9.17, 15) is 13.2 Å². The van der Waals surface area contributed by atoms with Crippen LogP contribution in [0.3, 0.4) is 0 Å². The highest BCUT2D eigenvalue weighted by Gasteiger charge is 2.23. The van der Waals surface area contributed by atoms with Gasteiger partial charge in [-0.05, 0) is 25.0 Å². The number of halogens is 4. The summed E-state index contributed by atoms with van der Waals surface area (Å²) in [6.07, 6.45) is 4.06. The Morgan fingerprint density at radius 2 is 2.14 bits per heavy atom. The van der Waals surface area contributed by atoms with E-state index in [0.29, 0.717) is 23.0 Å². The number of nitrogens with zero attached hydrogens (tertiary/aromatic N) is 3. The van der Waals surface area contributed by atoms with Gasteiger partial charge in [0, 0.05) is 34.7 Å². The zero-order chi connectivity index (χ0) is 15.0. The third-order valence-corrected chi connectivity index (χ3v) is 4.08. The van der Waals surface area contributed by atoms with Gasteiger partial charge in [-0.1, -0.05) is 15.9 Å². The van der Waals surface area contributed by atoms with Crippen LogP contribution in [-0.4, -0.2) is 16.1 Å². The quantitative estimate of drug-likeness (QED) is 0.821. The van der Waals surface area contributed by atoms with Crippen LogP contribution in [0.4, 0.5) is 18.9 Å². The fourth-order valence-electron chi connectivity index (χ4n) is 2.67. The van der Waals surface area contributed by atoms with Crippen molar-refractivity contribution in [1.29, 1.82) is 0 Å². The molecule has 7 heteroatoms. The van der Waals surface area contributed by atoms with Crippen molar-refractivity contribution in [2.45, 2.75) is 25.9 Å². The Balaban J connectivity index is 1.94. The number of imidazole rings is 1. The maximum Gasteiger partial charge on any atom is 0.319 e. The van der Waals surface area contributed by atoms with Crippen LogP contribution in [0, 0.1) is 5.82 Å². The van der Waals surface area contributed by atoms with E-state index in [1.165, 1.54) is 18.5 Å². The summed E-state index contributed by atoms with van der Waals surface area (Å²) >= 11 is 3.28. The fraction of sp³-hybridized carbons (Fsp3) is 0.357. The number of hydrogen-bond acceptors (Lipinski definition) is 2. The van der Waals surface area contributed by atoms with Crippen LogP contribution >= 0.6 is 15.9 Å². The lowest BCUT2D eigenvalue weighted by Gasteiger charge is -2.31. The molecule has 1 aromatic carbocycles. The summed E-state index contributed by atoms with van der Waals surface area (Å²) in [5, 5.41) is 0. The molecule has 0 fully saturated rings. The largest absolute Gasteiger partial charge is 0.364 e. The normalized spacial score (nSPS) is 14.6. The van der Waals surface area contributed by atoms with Crippen molar-refractivity contribution in [2.75, 3.05) is 11.4 Å². The van der Waals surface area contributed by atoms with E-state index in [1.807, 2.05) is 11.0 Å². The summed E-state index contributed by atoms with van der Waals surface area (Å²) < 4.78 is 41.2. The van der Waals surface area contributed by atoms with Crippen LogP contribution in [0.15, 0.2) is 29.0 Å². The molecule has 0 N–H and O–H groups in total. The molecule has 0 aliphatic carbocycles. The van der Waals surface area contributed by atoms with Gasteiger partial charge < -0.3 is 4.90 Å². The second-order valence-corrected chi connectivity index (χ2v) is 5.85. The number of alkyl halides is 2. The van der Waals surface area contributed by atoms with Gasteiger partial charge in [0.15, 0.2) is 0 Å². The topological polar surface area (TPSA) is 21.1 Å². The predicted molar refractivity (Wildman–Crippen MR) is 77.0 cm³/mol. The van der Waals surface area contributed by atoms with E-state index >= 15 is 0 Å². The third-order valence-electron chi connectivity index (χ3n) is 3.62. The predicted octanol–water partition coefficient (Wildman–Crippen LogP) is 4.13. The Morgan fingerprint density at radius 3 is 2.90 bits per heavy atom. The van der Waals surface area contributed by atoms with Crippen molar-refractivity contribution < 1.29 is 13.2 Å². The summed E-state index contributed by atoms with van der Waals surface area (Å²) in [5.41, 5.74) is 1.39. The zero-order valence-corrected chi connectivity index (χ0v) is 12.7. The minimum Gasteiger partial charge on any atom is -0.364 e. The molecule has 1 aliphatic rings. The molecular weight excluding hydrogens is 347 g/mol. The van der Waals surface area contributed by atoms with Crippen molar-refractivity contribution >= 4 is 21.6 Å². The molecule has 0 spiro atoms. The van der Waals surface area contributed by atoms with Crippen molar-refractivity contribution in [3.8, 4) is 0 Å². The summed E-state index contributed by atoms with van der Waals surface area (Å²) in [4.78, 5) is 5.88. The lowest BCUT2D eigenvalue weighted by atomic mass is 10.0. The maximum atomic E-state index is 14.0. The Kier molecular flexibility index (Phi) is 3.93. The van der Waals surface area contributed by atoms with Gasteiger partial charge in [0.2, 0.25) is 0 Å². The number of hydrogen-bond donors (Lipinski definition) is 0. The molecule has 3 nitrogen and oxygen atoms in total. The monoisotopic (exact) mass is 359 g/mol. The average molecular weight is 360 g/mol. The molecule has 0 saturated carbocycles. The number of benzene rings is 1. The summed E-state index contributed by atoms with van der Waals surface area (Å²) in [5.74, 6) is 0.0134. The zero-order valence-electron chi connectivity index (χ0n) is 11.1. The molecule has 1 aliphatic heterocycles. The van der Waals surface area contributed by atoms with Crippen molar-refractivity contribution in [3.63, 3.8) is 0 Å². The third kappa shape index (κ3) is 2.79. The van der Waals surface area contributed by atoms with E-state index in [4.69, 9.17) is 0 Å². The molecule has 0 saturated heterocycles. The SMILES string of the molecule is Fc1cc(Br)cc2c1CCCN2Cc1nccn1C(F)F. The fourth-order valence-corrected chi connectivity index (χ4v) is 3.08. The van der Waals surface area contributed by atoms with E-state index in [-0.39, 0.29) is 18.2 Å². The van der Waals surface area contributed by atoms with Crippen LogP contribution in [0.5, 0.6) is 0 Å². The van der Waals surface area contributed by atoms with Crippen molar-refractivity contribution in [1.82, 2.24) is 9.55 Å². The first-order chi connectivity index (χ1) is 10.1. The van der Waals surface area contributed by atoms with Crippen molar-refractivity contribution in [3.05, 3.63) is 46.2 Å². The van der Waals surface area contributed by atoms with Gasteiger partial charge in [0.1, 0.15) is 11.6 Å². The molecule has 0 amide bonds. The average Bonchev–Trinajstić information content (AvgIpc) is 2.88. The number of anilines is 1. The second kappa shape index (κ2) is 5.71. The van der Waals surface area contributed by atoms with Crippen LogP contribution in [0.1, 0.15) is 24.4 Å². The highest BCUT2D eigenvalue weighted by Crippen LogP contribution is 2.33. The minimum atomic E-state index is -2.62. The molecular formula is C14H13BrF3N3. The van der Waals surface area contributed by atoms with Crippen LogP contribution in [-0.2, 0) is 13.0 Å². The van der Waals surface area contributed by atoms with Gasteiger partial charge in [0.05, 0.1) is 6.54 Å². The molecule has 0 unspecified atom stereocenters. The molecule has 2 aromatic rings. The van der Waals surface area contributed by atoms with E-state index in [0.717, 1.165) is 16.7 Å². The van der Waals surface area contributed by atoms with Gasteiger partial charge in [-0.25, -0.2) is 9.37 Å². The van der Waals surface area contributed by atoms with Gasteiger partial charge in [-0.2, -0.15) is 8.78 Å². The Morgan fingerprint density at radius 1 is 1.33 bits per heavy atom. The highest BCUT2D eigenvalue weighted by atomic mass is 79.9. The standard InChI is InChI=1S/C14H13BrF3N3/c15-9-6-11(16)10-2-1-4-20(12(10)7-9)8-13-19-3-5-21(13)14(17)18/h3,5-7,14H,1-2,4,8H2. The van der Waals surface area contributed by atoms with E-state index < -0.39 is 6.55 Å². The van der Waals surface area contributed by atoms with Crippen LogP contribution < -0.4 is 4.90 Å². The lowest BCUT2D eigenvalue weighted by Crippen LogP contribution is -2.30. The van der Waals surface area contributed by atoms with E-state index in [2.05, 4.69) is 20.9 Å². The van der Waals surface area contributed by atoms with Crippen molar-refractivity contribution in [2.24, 2.45) is 0 Å². The Hall–Kier alpha value is -1.50.